The highest BCUT2D eigenvalue weighted by molar-refractivity contribution is 5.80. The zero-order valence-corrected chi connectivity index (χ0v) is 6.48. The van der Waals surface area contributed by atoms with Crippen molar-refractivity contribution in [2.45, 2.75) is 25.8 Å². The molecule has 1 rings (SSSR count). The monoisotopic (exact) mass is 142 g/mol. The van der Waals surface area contributed by atoms with Gasteiger partial charge in [0.15, 0.2) is 0 Å². The second-order valence-electron chi connectivity index (χ2n) is 3.34. The van der Waals surface area contributed by atoms with Crippen LogP contribution < -0.4 is 11.1 Å². The smallest absolute Gasteiger partial charge is 0.221 e. The van der Waals surface area contributed by atoms with Crippen LogP contribution in [-0.2, 0) is 4.79 Å². The lowest BCUT2D eigenvalue weighted by Crippen LogP contribution is -2.46. The van der Waals surface area contributed by atoms with Crippen molar-refractivity contribution >= 4 is 5.91 Å². The number of carbonyl (C=O) groups excluding carboxylic acids is 1. The van der Waals surface area contributed by atoms with Crippen molar-refractivity contribution in [3.63, 3.8) is 0 Å². The molecule has 1 fully saturated rings. The minimum Gasteiger partial charge on any atom is -0.354 e. The fourth-order valence-corrected chi connectivity index (χ4v) is 1.10. The third-order valence-electron chi connectivity index (χ3n) is 2.25. The van der Waals surface area contributed by atoms with E-state index in [-0.39, 0.29) is 11.4 Å². The van der Waals surface area contributed by atoms with Gasteiger partial charge in [0.05, 0.1) is 0 Å². The lowest BCUT2D eigenvalue weighted by Gasteiger charge is -2.25. The van der Waals surface area contributed by atoms with Crippen molar-refractivity contribution < 1.29 is 4.79 Å². The first kappa shape index (κ1) is 7.54. The van der Waals surface area contributed by atoms with Gasteiger partial charge < -0.3 is 11.1 Å². The van der Waals surface area contributed by atoms with Crippen LogP contribution in [0.25, 0.3) is 0 Å². The Kier molecular flexibility index (Phi) is 1.68. The van der Waals surface area contributed by atoms with Crippen molar-refractivity contribution in [2.75, 3.05) is 6.54 Å². The molecule has 0 aliphatic carbocycles. The van der Waals surface area contributed by atoms with Crippen molar-refractivity contribution in [2.24, 2.45) is 11.7 Å². The van der Waals surface area contributed by atoms with Crippen molar-refractivity contribution in [1.29, 1.82) is 0 Å². The predicted octanol–water partition coefficient (Wildman–Crippen LogP) is -0.140. The van der Waals surface area contributed by atoms with E-state index in [0.29, 0.717) is 18.9 Å². The summed E-state index contributed by atoms with van der Waals surface area (Å²) in [5.74, 6) is 0.447. The molecule has 1 aliphatic heterocycles. The zero-order valence-electron chi connectivity index (χ0n) is 6.48. The molecule has 0 aromatic rings. The number of amides is 1. The van der Waals surface area contributed by atoms with E-state index in [2.05, 4.69) is 5.32 Å². The molecule has 0 aromatic carbocycles. The largest absolute Gasteiger partial charge is 0.354 e. The van der Waals surface area contributed by atoms with Gasteiger partial charge >= 0.3 is 0 Å². The highest BCUT2D eigenvalue weighted by Gasteiger charge is 2.36. The lowest BCUT2D eigenvalue weighted by atomic mass is 9.87. The molecule has 58 valence electrons. The molecule has 1 amide bonds. The summed E-state index contributed by atoms with van der Waals surface area (Å²) >= 11 is 0. The van der Waals surface area contributed by atoms with Crippen LogP contribution in [0.3, 0.4) is 0 Å². The molecule has 1 aliphatic rings. The standard InChI is InChI=1S/C7H14N2O/c1-5(2)7(8)3-6(10)9-4-7/h5H,3-4,8H2,1-2H3,(H,9,10). The summed E-state index contributed by atoms with van der Waals surface area (Å²) < 4.78 is 0. The molecule has 0 saturated carbocycles. The number of hydrogen-bond acceptors (Lipinski definition) is 2. The van der Waals surface area contributed by atoms with Gasteiger partial charge in [0.1, 0.15) is 0 Å². The maximum Gasteiger partial charge on any atom is 0.221 e. The van der Waals surface area contributed by atoms with Crippen LogP contribution in [0, 0.1) is 5.92 Å². The molecular weight excluding hydrogens is 128 g/mol. The van der Waals surface area contributed by atoms with Gasteiger partial charge in [-0.2, -0.15) is 0 Å². The Morgan fingerprint density at radius 1 is 1.70 bits per heavy atom. The van der Waals surface area contributed by atoms with Gasteiger partial charge in [-0.05, 0) is 5.92 Å². The maximum absolute atomic E-state index is 10.8. The second-order valence-corrected chi connectivity index (χ2v) is 3.34. The molecule has 1 heterocycles. The Morgan fingerprint density at radius 3 is 2.50 bits per heavy atom. The third-order valence-corrected chi connectivity index (χ3v) is 2.25. The number of hydrogen-bond donors (Lipinski definition) is 2. The molecule has 1 unspecified atom stereocenters. The van der Waals surface area contributed by atoms with Crippen LogP contribution in [0.4, 0.5) is 0 Å². The van der Waals surface area contributed by atoms with Crippen LogP contribution in [-0.4, -0.2) is 18.0 Å². The third kappa shape index (κ3) is 1.14. The number of nitrogens with two attached hydrogens (primary N) is 1. The molecule has 3 heteroatoms. The number of nitrogens with one attached hydrogen (secondary N) is 1. The Balaban J connectivity index is 2.63. The minimum atomic E-state index is -0.295. The summed E-state index contributed by atoms with van der Waals surface area (Å²) in [5, 5.41) is 2.73. The number of rotatable bonds is 1. The molecule has 0 bridgehead atoms. The van der Waals surface area contributed by atoms with Crippen molar-refractivity contribution in [3.05, 3.63) is 0 Å². The maximum atomic E-state index is 10.8. The van der Waals surface area contributed by atoms with Gasteiger partial charge in [-0.1, -0.05) is 13.8 Å². The van der Waals surface area contributed by atoms with Crippen molar-refractivity contribution in [1.82, 2.24) is 5.32 Å². The van der Waals surface area contributed by atoms with E-state index in [9.17, 15) is 4.79 Å². The van der Waals surface area contributed by atoms with Crippen molar-refractivity contribution in [3.8, 4) is 0 Å². The molecule has 1 atom stereocenters. The average Bonchev–Trinajstić information content (AvgIpc) is 2.13. The Labute approximate surface area is 61.0 Å². The lowest BCUT2D eigenvalue weighted by molar-refractivity contribution is -0.119. The van der Waals surface area contributed by atoms with E-state index in [1.807, 2.05) is 13.8 Å². The fourth-order valence-electron chi connectivity index (χ4n) is 1.10. The minimum absolute atomic E-state index is 0.0798. The van der Waals surface area contributed by atoms with Gasteiger partial charge in [0.25, 0.3) is 0 Å². The van der Waals surface area contributed by atoms with Crippen LogP contribution in [0.1, 0.15) is 20.3 Å². The Hall–Kier alpha value is -0.570. The normalized spacial score (nSPS) is 33.0. The SMILES string of the molecule is CC(C)C1(N)CNC(=O)C1. The van der Waals surface area contributed by atoms with E-state index in [1.165, 1.54) is 0 Å². The van der Waals surface area contributed by atoms with Gasteiger partial charge in [-0.15, -0.1) is 0 Å². The quantitative estimate of drug-likeness (QED) is 0.535. The van der Waals surface area contributed by atoms with E-state index >= 15 is 0 Å². The summed E-state index contributed by atoms with van der Waals surface area (Å²) in [5.41, 5.74) is 5.61. The zero-order chi connectivity index (χ0) is 7.78. The molecule has 0 radical (unpaired) electrons. The van der Waals surface area contributed by atoms with Crippen LogP contribution in [0.2, 0.25) is 0 Å². The van der Waals surface area contributed by atoms with Gasteiger partial charge in [0.2, 0.25) is 5.91 Å². The molecule has 1 saturated heterocycles. The van der Waals surface area contributed by atoms with Gasteiger partial charge in [-0.25, -0.2) is 0 Å². The summed E-state index contributed by atoms with van der Waals surface area (Å²) in [6, 6.07) is 0. The second kappa shape index (κ2) is 2.23. The topological polar surface area (TPSA) is 55.1 Å². The van der Waals surface area contributed by atoms with Gasteiger partial charge in [-0.3, -0.25) is 4.79 Å². The first-order chi connectivity index (χ1) is 4.54. The predicted molar refractivity (Wildman–Crippen MR) is 39.4 cm³/mol. The molecule has 3 N–H and O–H groups in total. The van der Waals surface area contributed by atoms with E-state index in [0.717, 1.165) is 0 Å². The van der Waals surface area contributed by atoms with Crippen LogP contribution in [0.5, 0.6) is 0 Å². The number of carbonyl (C=O) groups is 1. The summed E-state index contributed by atoms with van der Waals surface area (Å²) in [4.78, 5) is 10.8. The fraction of sp³-hybridized carbons (Fsp3) is 0.857. The summed E-state index contributed by atoms with van der Waals surface area (Å²) in [6.07, 6.45) is 0.477. The highest BCUT2D eigenvalue weighted by Crippen LogP contribution is 2.21. The highest BCUT2D eigenvalue weighted by atomic mass is 16.2. The summed E-state index contributed by atoms with van der Waals surface area (Å²) in [6.45, 7) is 4.71. The summed E-state index contributed by atoms with van der Waals surface area (Å²) in [7, 11) is 0. The molecule has 3 nitrogen and oxygen atoms in total. The van der Waals surface area contributed by atoms with E-state index < -0.39 is 0 Å². The first-order valence-electron chi connectivity index (χ1n) is 3.60. The van der Waals surface area contributed by atoms with Gasteiger partial charge in [0, 0.05) is 18.5 Å². The first-order valence-corrected chi connectivity index (χ1v) is 3.60. The molecule has 0 spiro atoms. The Bertz CT molecular complexity index is 156. The molecular formula is C7H14N2O. The molecule has 0 aromatic heterocycles. The Morgan fingerprint density at radius 2 is 2.30 bits per heavy atom. The average molecular weight is 142 g/mol. The van der Waals surface area contributed by atoms with E-state index in [4.69, 9.17) is 5.73 Å². The van der Waals surface area contributed by atoms with Crippen LogP contribution in [0.15, 0.2) is 0 Å². The van der Waals surface area contributed by atoms with E-state index in [1.54, 1.807) is 0 Å². The van der Waals surface area contributed by atoms with Crippen LogP contribution >= 0.6 is 0 Å². The molecule has 10 heavy (non-hydrogen) atoms.